The fourth-order valence-corrected chi connectivity index (χ4v) is 4.36. The number of nitrogens with one attached hydrogen (secondary N) is 1. The maximum atomic E-state index is 12.9. The van der Waals surface area contributed by atoms with E-state index in [1.54, 1.807) is 19.5 Å². The highest BCUT2D eigenvalue weighted by atomic mass is 16.5. The Morgan fingerprint density at radius 2 is 1.96 bits per heavy atom. The largest absolute Gasteiger partial charge is 0.495 e. The normalized spacial score (nSPS) is 27.2. The molecule has 0 saturated carbocycles. The molecule has 2 saturated heterocycles. The monoisotopic (exact) mass is 353 g/mol. The molecule has 2 fully saturated rings. The number of hydrogen-bond donors (Lipinski definition) is 2. The van der Waals surface area contributed by atoms with Crippen molar-refractivity contribution in [1.29, 1.82) is 0 Å². The number of para-hydroxylation sites is 2. The van der Waals surface area contributed by atoms with E-state index < -0.39 is 5.60 Å². The number of carbonyl (C=O) groups is 1. The second kappa shape index (κ2) is 6.61. The second-order valence-corrected chi connectivity index (χ2v) is 7.10. The number of hydrogen-bond acceptors (Lipinski definition) is 4. The smallest absolute Gasteiger partial charge is 0.322 e. The van der Waals surface area contributed by atoms with Crippen LogP contribution in [0.15, 0.2) is 48.8 Å². The molecular weight excluding hydrogens is 330 g/mol. The summed E-state index contributed by atoms with van der Waals surface area (Å²) < 4.78 is 5.31. The molecule has 2 amide bonds. The van der Waals surface area contributed by atoms with Gasteiger partial charge in [-0.1, -0.05) is 18.2 Å². The van der Waals surface area contributed by atoms with E-state index in [0.717, 1.165) is 18.4 Å². The molecule has 0 spiro atoms. The van der Waals surface area contributed by atoms with Crippen molar-refractivity contribution in [2.45, 2.75) is 43.4 Å². The molecule has 26 heavy (non-hydrogen) atoms. The summed E-state index contributed by atoms with van der Waals surface area (Å²) in [5.74, 6) is 0.636. The van der Waals surface area contributed by atoms with Gasteiger partial charge in [0.05, 0.1) is 18.4 Å². The third-order valence-corrected chi connectivity index (χ3v) is 5.55. The fraction of sp³-hybridized carbons (Fsp3) is 0.400. The highest BCUT2D eigenvalue weighted by Gasteiger charge is 2.50. The van der Waals surface area contributed by atoms with Crippen LogP contribution in [0.4, 0.5) is 10.5 Å². The highest BCUT2D eigenvalue weighted by molar-refractivity contribution is 5.91. The summed E-state index contributed by atoms with van der Waals surface area (Å²) in [6.45, 7) is 0. The van der Waals surface area contributed by atoms with E-state index in [-0.39, 0.29) is 18.1 Å². The lowest BCUT2D eigenvalue weighted by Crippen LogP contribution is -2.53. The van der Waals surface area contributed by atoms with Gasteiger partial charge < -0.3 is 20.1 Å². The van der Waals surface area contributed by atoms with Crippen molar-refractivity contribution in [2.75, 3.05) is 12.4 Å². The number of urea groups is 1. The van der Waals surface area contributed by atoms with Crippen molar-refractivity contribution in [2.24, 2.45) is 0 Å². The van der Waals surface area contributed by atoms with Crippen molar-refractivity contribution in [3.05, 3.63) is 54.4 Å². The van der Waals surface area contributed by atoms with Crippen LogP contribution in [0, 0.1) is 0 Å². The van der Waals surface area contributed by atoms with Crippen LogP contribution < -0.4 is 10.1 Å². The Bertz CT molecular complexity index is 782. The lowest BCUT2D eigenvalue weighted by atomic mass is 9.81. The minimum absolute atomic E-state index is 0.0219. The van der Waals surface area contributed by atoms with Crippen LogP contribution in [0.5, 0.6) is 5.75 Å². The number of ether oxygens (including phenoxy) is 1. The molecule has 2 N–H and O–H groups in total. The van der Waals surface area contributed by atoms with Crippen LogP contribution >= 0.6 is 0 Å². The van der Waals surface area contributed by atoms with Gasteiger partial charge >= 0.3 is 6.03 Å². The zero-order valence-corrected chi connectivity index (χ0v) is 14.8. The summed E-state index contributed by atoms with van der Waals surface area (Å²) in [5.41, 5.74) is 0.579. The van der Waals surface area contributed by atoms with Gasteiger partial charge in [-0.2, -0.15) is 0 Å². The molecule has 6 heteroatoms. The molecule has 2 bridgehead atoms. The maximum Gasteiger partial charge on any atom is 0.322 e. The Morgan fingerprint density at radius 1 is 1.23 bits per heavy atom. The van der Waals surface area contributed by atoms with Gasteiger partial charge in [0, 0.05) is 42.9 Å². The molecule has 0 unspecified atom stereocenters. The molecule has 2 aliphatic rings. The molecule has 2 aromatic rings. The zero-order chi connectivity index (χ0) is 18.1. The van der Waals surface area contributed by atoms with Gasteiger partial charge in [-0.25, -0.2) is 4.79 Å². The van der Waals surface area contributed by atoms with E-state index in [4.69, 9.17) is 4.74 Å². The number of benzene rings is 1. The van der Waals surface area contributed by atoms with Crippen LogP contribution in [0.2, 0.25) is 0 Å². The van der Waals surface area contributed by atoms with E-state index in [1.165, 1.54) is 0 Å². The van der Waals surface area contributed by atoms with Gasteiger partial charge in [-0.3, -0.25) is 4.98 Å². The van der Waals surface area contributed by atoms with Crippen molar-refractivity contribution < 1.29 is 14.6 Å². The number of amides is 2. The van der Waals surface area contributed by atoms with Crippen molar-refractivity contribution in [3.63, 3.8) is 0 Å². The molecule has 2 atom stereocenters. The third-order valence-electron chi connectivity index (χ3n) is 5.55. The van der Waals surface area contributed by atoms with Crippen LogP contribution in [0.25, 0.3) is 0 Å². The number of nitrogens with zero attached hydrogens (tertiary/aromatic N) is 2. The summed E-state index contributed by atoms with van der Waals surface area (Å²) >= 11 is 0. The number of fused-ring (bicyclic) bond motifs is 2. The Hall–Kier alpha value is -2.60. The average Bonchev–Trinajstić information content (AvgIpc) is 2.95. The Labute approximate surface area is 152 Å². The zero-order valence-electron chi connectivity index (χ0n) is 14.8. The molecule has 3 heterocycles. The Morgan fingerprint density at radius 3 is 2.62 bits per heavy atom. The Kier molecular flexibility index (Phi) is 4.28. The van der Waals surface area contributed by atoms with Crippen molar-refractivity contribution >= 4 is 11.7 Å². The SMILES string of the molecule is COc1ccccc1NC(=O)N1[C@H]2CC[C@H]1CC(O)(c1cccnc1)C2. The van der Waals surface area contributed by atoms with Gasteiger partial charge in [0.1, 0.15) is 5.75 Å². The number of anilines is 1. The third kappa shape index (κ3) is 2.90. The first-order chi connectivity index (χ1) is 12.6. The number of piperidine rings is 1. The predicted molar refractivity (Wildman–Crippen MR) is 98.0 cm³/mol. The van der Waals surface area contributed by atoms with Crippen molar-refractivity contribution in [1.82, 2.24) is 9.88 Å². The van der Waals surface area contributed by atoms with Crippen molar-refractivity contribution in [3.8, 4) is 5.75 Å². The fourth-order valence-electron chi connectivity index (χ4n) is 4.36. The molecule has 2 aliphatic heterocycles. The van der Waals surface area contributed by atoms with Gasteiger partial charge in [0.25, 0.3) is 0 Å². The minimum atomic E-state index is -0.915. The number of pyridine rings is 1. The van der Waals surface area contributed by atoms with Crippen LogP contribution in [0.3, 0.4) is 0 Å². The maximum absolute atomic E-state index is 12.9. The van der Waals surface area contributed by atoms with Crippen LogP contribution in [0.1, 0.15) is 31.2 Å². The van der Waals surface area contributed by atoms with E-state index in [0.29, 0.717) is 24.3 Å². The summed E-state index contributed by atoms with van der Waals surface area (Å²) in [4.78, 5) is 18.9. The number of rotatable bonds is 3. The molecular formula is C20H23N3O3. The summed E-state index contributed by atoms with van der Waals surface area (Å²) in [6, 6.07) is 11.1. The molecule has 1 aromatic heterocycles. The van der Waals surface area contributed by atoms with Gasteiger partial charge in [0.15, 0.2) is 0 Å². The molecule has 136 valence electrons. The molecule has 0 aliphatic carbocycles. The standard InChI is InChI=1S/C20H23N3O3/c1-26-18-7-3-2-6-17(18)22-19(24)23-15-8-9-16(23)12-20(25,11-15)14-5-4-10-21-13-14/h2-7,10,13,15-16,25H,8-9,11-12H2,1H3,(H,22,24)/t15-,16-/m0/s1. The first kappa shape index (κ1) is 16.8. The number of methoxy groups -OCH3 is 1. The number of carbonyl (C=O) groups excluding carboxylic acids is 1. The topological polar surface area (TPSA) is 74.7 Å². The summed E-state index contributed by atoms with van der Waals surface area (Å²) in [6.07, 6.45) is 6.32. The van der Waals surface area contributed by atoms with Gasteiger partial charge in [0.2, 0.25) is 0 Å². The minimum Gasteiger partial charge on any atom is -0.495 e. The van der Waals surface area contributed by atoms with E-state index >= 15 is 0 Å². The summed E-state index contributed by atoms with van der Waals surface area (Å²) in [5, 5.41) is 14.1. The van der Waals surface area contributed by atoms with Crippen LogP contribution in [-0.2, 0) is 5.60 Å². The van der Waals surface area contributed by atoms with Crippen LogP contribution in [-0.4, -0.2) is 40.2 Å². The van der Waals surface area contributed by atoms with Gasteiger partial charge in [-0.05, 0) is 31.0 Å². The van der Waals surface area contributed by atoms with E-state index in [2.05, 4.69) is 10.3 Å². The number of aliphatic hydroxyl groups is 1. The molecule has 4 rings (SSSR count). The van der Waals surface area contributed by atoms with E-state index in [9.17, 15) is 9.90 Å². The first-order valence-corrected chi connectivity index (χ1v) is 8.96. The molecule has 6 nitrogen and oxygen atoms in total. The molecule has 0 radical (unpaired) electrons. The molecule has 1 aromatic carbocycles. The lowest BCUT2D eigenvalue weighted by Gasteiger charge is -2.43. The quantitative estimate of drug-likeness (QED) is 0.889. The Balaban J connectivity index is 1.52. The lowest BCUT2D eigenvalue weighted by molar-refractivity contribution is -0.0424. The number of aromatic nitrogens is 1. The predicted octanol–water partition coefficient (Wildman–Crippen LogP) is 3.14. The first-order valence-electron chi connectivity index (χ1n) is 8.96. The van der Waals surface area contributed by atoms with E-state index in [1.807, 2.05) is 41.3 Å². The average molecular weight is 353 g/mol. The summed E-state index contributed by atoms with van der Waals surface area (Å²) in [7, 11) is 1.59. The van der Waals surface area contributed by atoms with Gasteiger partial charge in [-0.15, -0.1) is 0 Å². The highest BCUT2D eigenvalue weighted by Crippen LogP contribution is 2.45. The second-order valence-electron chi connectivity index (χ2n) is 7.10.